The average Bonchev–Trinajstić information content (AvgIpc) is 2.46. The highest BCUT2D eigenvalue weighted by molar-refractivity contribution is 5.82. The lowest BCUT2D eigenvalue weighted by molar-refractivity contribution is 0.0990. The van der Waals surface area contributed by atoms with E-state index in [1.54, 1.807) is 6.07 Å². The molecule has 1 heterocycles. The zero-order valence-corrected chi connectivity index (χ0v) is 11.1. The van der Waals surface area contributed by atoms with E-state index in [0.29, 0.717) is 19.1 Å². The Morgan fingerprint density at radius 1 is 1.16 bits per heavy atom. The summed E-state index contributed by atoms with van der Waals surface area (Å²) >= 11 is 0. The maximum atomic E-state index is 9.39. The van der Waals surface area contributed by atoms with Gasteiger partial charge in [-0.1, -0.05) is 25.1 Å². The Morgan fingerprint density at radius 2 is 2.00 bits per heavy atom. The van der Waals surface area contributed by atoms with Gasteiger partial charge >= 0.3 is 0 Å². The summed E-state index contributed by atoms with van der Waals surface area (Å²) in [6, 6.07) is 9.49. The van der Waals surface area contributed by atoms with Gasteiger partial charge in [0.2, 0.25) is 5.88 Å². The molecule has 0 aliphatic carbocycles. The molecule has 0 aliphatic rings. The summed E-state index contributed by atoms with van der Waals surface area (Å²) < 4.78 is 10.9. The summed E-state index contributed by atoms with van der Waals surface area (Å²) in [5.74, 6) is 0.530. The molecule has 0 spiro atoms. The van der Waals surface area contributed by atoms with Crippen LogP contribution >= 0.6 is 0 Å². The Labute approximate surface area is 113 Å². The molecule has 0 bridgehead atoms. The van der Waals surface area contributed by atoms with Crippen LogP contribution in [0.4, 0.5) is 0 Å². The van der Waals surface area contributed by atoms with Gasteiger partial charge in [-0.05, 0) is 18.1 Å². The predicted molar refractivity (Wildman–Crippen MR) is 74.3 cm³/mol. The van der Waals surface area contributed by atoms with E-state index < -0.39 is 0 Å². The number of para-hydroxylation sites is 1. The average molecular weight is 261 g/mol. The minimum atomic E-state index is -0.0221. The molecule has 4 nitrogen and oxygen atoms in total. The smallest absolute Gasteiger partial charge is 0.214 e. The lowest BCUT2D eigenvalue weighted by atomic mass is 10.1. The van der Waals surface area contributed by atoms with Gasteiger partial charge in [0.1, 0.15) is 6.61 Å². The first-order chi connectivity index (χ1) is 9.35. The van der Waals surface area contributed by atoms with Crippen LogP contribution < -0.4 is 4.74 Å². The van der Waals surface area contributed by atoms with Gasteiger partial charge < -0.3 is 14.6 Å². The third-order valence-corrected chi connectivity index (χ3v) is 2.77. The molecule has 102 valence electrons. The first kappa shape index (κ1) is 13.8. The maximum absolute atomic E-state index is 9.39. The molecular formula is C15H19NO3. The van der Waals surface area contributed by atoms with Gasteiger partial charge in [0.15, 0.2) is 0 Å². The molecule has 0 unspecified atom stereocenters. The van der Waals surface area contributed by atoms with Crippen molar-refractivity contribution in [3.8, 4) is 5.88 Å². The number of benzene rings is 1. The molecule has 1 N–H and O–H groups in total. The SMILES string of the molecule is CCCOCCOc1cc(CO)c2ccccc2n1. The van der Waals surface area contributed by atoms with E-state index in [2.05, 4.69) is 11.9 Å². The van der Waals surface area contributed by atoms with Crippen molar-refractivity contribution in [2.45, 2.75) is 20.0 Å². The monoisotopic (exact) mass is 261 g/mol. The zero-order chi connectivity index (χ0) is 13.5. The number of nitrogens with zero attached hydrogens (tertiary/aromatic N) is 1. The summed E-state index contributed by atoms with van der Waals surface area (Å²) in [6.45, 7) is 3.81. The highest BCUT2D eigenvalue weighted by Crippen LogP contribution is 2.21. The summed E-state index contributed by atoms with van der Waals surface area (Å²) in [5, 5.41) is 10.4. The van der Waals surface area contributed by atoms with Crippen molar-refractivity contribution in [1.82, 2.24) is 4.98 Å². The van der Waals surface area contributed by atoms with Crippen LogP contribution in [0, 0.1) is 0 Å². The molecule has 0 aliphatic heterocycles. The van der Waals surface area contributed by atoms with Gasteiger partial charge in [-0.2, -0.15) is 0 Å². The third kappa shape index (κ3) is 3.66. The van der Waals surface area contributed by atoms with E-state index in [1.165, 1.54) is 0 Å². The molecule has 0 atom stereocenters. The fourth-order valence-electron chi connectivity index (χ4n) is 1.88. The highest BCUT2D eigenvalue weighted by atomic mass is 16.5. The van der Waals surface area contributed by atoms with Crippen LogP contribution in [0.25, 0.3) is 10.9 Å². The highest BCUT2D eigenvalue weighted by Gasteiger charge is 2.05. The maximum Gasteiger partial charge on any atom is 0.214 e. The Bertz CT molecular complexity index is 528. The number of pyridine rings is 1. The van der Waals surface area contributed by atoms with Crippen molar-refractivity contribution in [3.63, 3.8) is 0 Å². The molecule has 0 saturated heterocycles. The van der Waals surface area contributed by atoms with Crippen molar-refractivity contribution in [1.29, 1.82) is 0 Å². The van der Waals surface area contributed by atoms with Crippen LogP contribution in [0.15, 0.2) is 30.3 Å². The largest absolute Gasteiger partial charge is 0.475 e. The molecule has 0 amide bonds. The fourth-order valence-corrected chi connectivity index (χ4v) is 1.88. The molecule has 4 heteroatoms. The Balaban J connectivity index is 2.07. The first-order valence-electron chi connectivity index (χ1n) is 6.55. The third-order valence-electron chi connectivity index (χ3n) is 2.77. The van der Waals surface area contributed by atoms with Crippen molar-refractivity contribution >= 4 is 10.9 Å². The van der Waals surface area contributed by atoms with Crippen molar-refractivity contribution in [2.24, 2.45) is 0 Å². The molecule has 1 aromatic heterocycles. The Hall–Kier alpha value is -1.65. The Morgan fingerprint density at radius 3 is 2.79 bits per heavy atom. The van der Waals surface area contributed by atoms with Gasteiger partial charge in [0, 0.05) is 18.1 Å². The lowest BCUT2D eigenvalue weighted by Crippen LogP contribution is -2.08. The van der Waals surface area contributed by atoms with E-state index in [0.717, 1.165) is 29.5 Å². The number of aromatic nitrogens is 1. The fraction of sp³-hybridized carbons (Fsp3) is 0.400. The predicted octanol–water partition coefficient (Wildman–Crippen LogP) is 2.53. The van der Waals surface area contributed by atoms with E-state index in [1.807, 2.05) is 24.3 Å². The van der Waals surface area contributed by atoms with Gasteiger partial charge in [-0.3, -0.25) is 0 Å². The molecular weight excluding hydrogens is 242 g/mol. The van der Waals surface area contributed by atoms with Gasteiger partial charge in [0.05, 0.1) is 18.7 Å². The van der Waals surface area contributed by atoms with Crippen LogP contribution in [0.1, 0.15) is 18.9 Å². The number of hydrogen-bond donors (Lipinski definition) is 1. The van der Waals surface area contributed by atoms with Crippen LogP contribution in [0.2, 0.25) is 0 Å². The zero-order valence-electron chi connectivity index (χ0n) is 11.1. The molecule has 0 radical (unpaired) electrons. The molecule has 0 fully saturated rings. The number of aliphatic hydroxyl groups is 1. The van der Waals surface area contributed by atoms with Gasteiger partial charge in [-0.15, -0.1) is 0 Å². The summed E-state index contributed by atoms with van der Waals surface area (Å²) in [6.07, 6.45) is 1.00. The topological polar surface area (TPSA) is 51.6 Å². The number of hydrogen-bond acceptors (Lipinski definition) is 4. The quantitative estimate of drug-likeness (QED) is 0.778. The Kier molecular flexibility index (Phi) is 5.12. The summed E-state index contributed by atoms with van der Waals surface area (Å²) in [5.41, 5.74) is 1.66. The van der Waals surface area contributed by atoms with Crippen molar-refractivity contribution in [2.75, 3.05) is 19.8 Å². The van der Waals surface area contributed by atoms with Crippen LogP contribution in [-0.4, -0.2) is 29.9 Å². The summed E-state index contributed by atoms with van der Waals surface area (Å²) in [7, 11) is 0. The normalized spacial score (nSPS) is 10.8. The van der Waals surface area contributed by atoms with Crippen LogP contribution in [0.3, 0.4) is 0 Å². The van der Waals surface area contributed by atoms with Crippen LogP contribution in [-0.2, 0) is 11.3 Å². The number of aliphatic hydroxyl groups excluding tert-OH is 1. The first-order valence-corrected chi connectivity index (χ1v) is 6.55. The van der Waals surface area contributed by atoms with Gasteiger partial charge in [0.25, 0.3) is 0 Å². The van der Waals surface area contributed by atoms with Crippen molar-refractivity contribution < 1.29 is 14.6 Å². The molecule has 2 rings (SSSR count). The van der Waals surface area contributed by atoms with E-state index in [9.17, 15) is 5.11 Å². The summed E-state index contributed by atoms with van der Waals surface area (Å²) in [4.78, 5) is 4.41. The minimum absolute atomic E-state index is 0.0221. The van der Waals surface area contributed by atoms with E-state index in [-0.39, 0.29) is 6.61 Å². The van der Waals surface area contributed by atoms with Gasteiger partial charge in [-0.25, -0.2) is 4.98 Å². The van der Waals surface area contributed by atoms with E-state index >= 15 is 0 Å². The van der Waals surface area contributed by atoms with Crippen molar-refractivity contribution in [3.05, 3.63) is 35.9 Å². The molecule has 19 heavy (non-hydrogen) atoms. The second-order valence-electron chi connectivity index (χ2n) is 4.26. The standard InChI is InChI=1S/C15H19NO3/c1-2-7-18-8-9-19-15-10-12(11-17)13-5-3-4-6-14(13)16-15/h3-6,10,17H,2,7-9,11H2,1H3. The lowest BCUT2D eigenvalue weighted by Gasteiger charge is -2.09. The minimum Gasteiger partial charge on any atom is -0.475 e. The number of fused-ring (bicyclic) bond motifs is 1. The molecule has 1 aromatic carbocycles. The van der Waals surface area contributed by atoms with Crippen LogP contribution in [0.5, 0.6) is 5.88 Å². The second-order valence-corrected chi connectivity index (χ2v) is 4.26. The second kappa shape index (κ2) is 7.07. The molecule has 0 saturated carbocycles. The van der Waals surface area contributed by atoms with E-state index in [4.69, 9.17) is 9.47 Å². The number of rotatable bonds is 7. The number of ether oxygens (including phenoxy) is 2. The molecule has 2 aromatic rings.